The Bertz CT molecular complexity index is 768. The first kappa shape index (κ1) is 12.5. The van der Waals surface area contributed by atoms with Gasteiger partial charge < -0.3 is 10.1 Å². The highest BCUT2D eigenvalue weighted by atomic mass is 32.2. The predicted octanol–water partition coefficient (Wildman–Crippen LogP) is 0.568. The van der Waals surface area contributed by atoms with E-state index >= 15 is 0 Å². The molecule has 2 heterocycles. The molecule has 1 amide bonds. The monoisotopic (exact) mass is 293 g/mol. The second kappa shape index (κ2) is 4.27. The summed E-state index contributed by atoms with van der Waals surface area (Å²) < 4.78 is 26.1. The molecular formula is C12H11N3O4S. The topological polar surface area (TPSA) is 102 Å². The third kappa shape index (κ3) is 1.99. The third-order valence-corrected chi connectivity index (χ3v) is 4.39. The lowest BCUT2D eigenvalue weighted by Crippen LogP contribution is -2.29. The largest absolute Gasteiger partial charge is 0.506 e. The molecule has 1 aliphatic heterocycles. The van der Waals surface area contributed by atoms with E-state index < -0.39 is 16.1 Å². The fraction of sp³-hybridized carbons (Fsp3) is 0.0833. The Labute approximate surface area is 115 Å². The number of hydrogen-bond donors (Lipinski definition) is 3. The van der Waals surface area contributed by atoms with E-state index in [0.29, 0.717) is 0 Å². The van der Waals surface area contributed by atoms with E-state index in [-0.39, 0.29) is 18.0 Å². The zero-order valence-electron chi connectivity index (χ0n) is 10.2. The molecule has 0 spiro atoms. The van der Waals surface area contributed by atoms with Crippen LogP contribution in [0.3, 0.4) is 0 Å². The summed E-state index contributed by atoms with van der Waals surface area (Å²) in [4.78, 5) is 14.1. The van der Waals surface area contributed by atoms with E-state index in [0.717, 1.165) is 15.4 Å². The normalized spacial score (nSPS) is 17.2. The van der Waals surface area contributed by atoms with E-state index in [1.54, 1.807) is 18.5 Å². The molecule has 0 saturated carbocycles. The smallest absolute Gasteiger partial charge is 0.326 e. The molecule has 1 aromatic heterocycles. The van der Waals surface area contributed by atoms with Crippen molar-refractivity contribution in [3.05, 3.63) is 36.7 Å². The second-order valence-corrected chi connectivity index (χ2v) is 5.94. The van der Waals surface area contributed by atoms with Crippen LogP contribution in [0.1, 0.15) is 0 Å². The molecule has 3 N–H and O–H groups in total. The van der Waals surface area contributed by atoms with E-state index in [4.69, 9.17) is 0 Å². The van der Waals surface area contributed by atoms with Gasteiger partial charge in [-0.25, -0.2) is 9.03 Å². The molecule has 0 atom stereocenters. The molecule has 8 heteroatoms. The fourth-order valence-corrected chi connectivity index (χ4v) is 3.24. The number of rotatable bonds is 2. The molecule has 2 aromatic rings. The summed E-state index contributed by atoms with van der Waals surface area (Å²) in [6.07, 6.45) is 3.50. The molecule has 3 rings (SSSR count). The van der Waals surface area contributed by atoms with Gasteiger partial charge in [-0.1, -0.05) is 6.07 Å². The summed E-state index contributed by atoms with van der Waals surface area (Å²) in [6.45, 7) is -0.334. The van der Waals surface area contributed by atoms with Gasteiger partial charge in [0.15, 0.2) is 0 Å². The van der Waals surface area contributed by atoms with Gasteiger partial charge in [0.2, 0.25) is 0 Å². The maximum absolute atomic E-state index is 11.7. The lowest BCUT2D eigenvalue weighted by Gasteiger charge is -2.16. The third-order valence-electron chi connectivity index (χ3n) is 3.00. The Morgan fingerprint density at radius 2 is 2.00 bits per heavy atom. The number of carbonyl (C=O) groups is 1. The molecule has 104 valence electrons. The van der Waals surface area contributed by atoms with Crippen LogP contribution in [-0.2, 0) is 15.0 Å². The van der Waals surface area contributed by atoms with Crippen molar-refractivity contribution in [2.45, 2.75) is 0 Å². The molecule has 0 bridgehead atoms. The maximum atomic E-state index is 11.7. The molecule has 1 aliphatic rings. The van der Waals surface area contributed by atoms with Crippen LogP contribution in [0.5, 0.6) is 5.75 Å². The summed E-state index contributed by atoms with van der Waals surface area (Å²) in [5.41, 5.74) is 1.68. The number of phenolic OH excluding ortho intramolecular Hbond substituents is 1. The minimum Gasteiger partial charge on any atom is -0.506 e. The quantitative estimate of drug-likeness (QED) is 0.753. The minimum atomic E-state index is -3.91. The number of benzene rings is 1. The SMILES string of the molecule is O=C1CN(c2ccc(-c3cc[nH]c3)cc2O)S(=O)(=O)N1. The lowest BCUT2D eigenvalue weighted by atomic mass is 10.1. The summed E-state index contributed by atoms with van der Waals surface area (Å²) in [5, 5.41) is 10.0. The number of nitrogens with one attached hydrogen (secondary N) is 2. The molecular weight excluding hydrogens is 282 g/mol. The Hall–Kier alpha value is -2.48. The maximum Gasteiger partial charge on any atom is 0.326 e. The van der Waals surface area contributed by atoms with Crippen molar-refractivity contribution in [3.8, 4) is 16.9 Å². The minimum absolute atomic E-state index is 0.0719. The highest BCUT2D eigenvalue weighted by Gasteiger charge is 2.35. The number of anilines is 1. The highest BCUT2D eigenvalue weighted by molar-refractivity contribution is 7.92. The number of aromatic hydroxyl groups is 1. The Morgan fingerprint density at radius 1 is 1.20 bits per heavy atom. The average molecular weight is 293 g/mol. The fourth-order valence-electron chi connectivity index (χ4n) is 2.08. The standard InChI is InChI=1S/C12H11N3O4S/c16-11-5-8(9-3-4-13-6-9)1-2-10(11)15-7-12(17)14-20(15,18)19/h1-6,13,16H,7H2,(H,14,17). The van der Waals surface area contributed by atoms with Crippen molar-refractivity contribution >= 4 is 21.8 Å². The molecule has 1 aromatic carbocycles. The Kier molecular flexibility index (Phi) is 2.68. The Morgan fingerprint density at radius 3 is 2.55 bits per heavy atom. The molecule has 1 saturated heterocycles. The van der Waals surface area contributed by atoms with Gasteiger partial charge in [-0.15, -0.1) is 0 Å². The van der Waals surface area contributed by atoms with Gasteiger partial charge in [0.25, 0.3) is 5.91 Å². The summed E-state index contributed by atoms with van der Waals surface area (Å²) >= 11 is 0. The van der Waals surface area contributed by atoms with Gasteiger partial charge in [-0.2, -0.15) is 8.42 Å². The molecule has 1 fully saturated rings. The van der Waals surface area contributed by atoms with Crippen molar-refractivity contribution in [1.82, 2.24) is 9.71 Å². The highest BCUT2D eigenvalue weighted by Crippen LogP contribution is 2.34. The predicted molar refractivity (Wildman–Crippen MR) is 72.3 cm³/mol. The van der Waals surface area contributed by atoms with Crippen molar-refractivity contribution in [1.29, 1.82) is 0 Å². The van der Waals surface area contributed by atoms with Crippen LogP contribution in [0, 0.1) is 0 Å². The van der Waals surface area contributed by atoms with Crippen LogP contribution in [0.25, 0.3) is 11.1 Å². The number of aromatic amines is 1. The number of H-pyrrole nitrogens is 1. The van der Waals surface area contributed by atoms with Gasteiger partial charge >= 0.3 is 10.2 Å². The van der Waals surface area contributed by atoms with E-state index in [1.165, 1.54) is 12.1 Å². The molecule has 20 heavy (non-hydrogen) atoms. The average Bonchev–Trinajstić information content (AvgIpc) is 2.97. The van der Waals surface area contributed by atoms with Gasteiger partial charge in [-0.3, -0.25) is 4.79 Å². The van der Waals surface area contributed by atoms with Crippen molar-refractivity contribution in [3.63, 3.8) is 0 Å². The zero-order valence-corrected chi connectivity index (χ0v) is 11.0. The van der Waals surface area contributed by atoms with Crippen LogP contribution in [0.2, 0.25) is 0 Å². The van der Waals surface area contributed by atoms with Crippen LogP contribution in [-0.4, -0.2) is 31.0 Å². The number of phenols is 1. The van der Waals surface area contributed by atoms with E-state index in [1.807, 2.05) is 10.8 Å². The van der Waals surface area contributed by atoms with E-state index in [2.05, 4.69) is 4.98 Å². The van der Waals surface area contributed by atoms with E-state index in [9.17, 15) is 18.3 Å². The molecule has 0 aliphatic carbocycles. The van der Waals surface area contributed by atoms with Gasteiger partial charge in [0, 0.05) is 12.4 Å². The van der Waals surface area contributed by atoms with Crippen molar-refractivity contribution in [2.75, 3.05) is 10.8 Å². The zero-order chi connectivity index (χ0) is 14.3. The molecule has 7 nitrogen and oxygen atoms in total. The number of amides is 1. The van der Waals surface area contributed by atoms with Crippen molar-refractivity contribution < 1.29 is 18.3 Å². The first-order valence-corrected chi connectivity index (χ1v) is 7.21. The number of carbonyl (C=O) groups excluding carboxylic acids is 1. The summed E-state index contributed by atoms with van der Waals surface area (Å²) in [7, 11) is -3.91. The van der Waals surface area contributed by atoms with Crippen LogP contribution in [0.15, 0.2) is 36.7 Å². The number of aromatic nitrogens is 1. The van der Waals surface area contributed by atoms with Gasteiger partial charge in [-0.05, 0) is 29.3 Å². The van der Waals surface area contributed by atoms with Crippen LogP contribution in [0.4, 0.5) is 5.69 Å². The lowest BCUT2D eigenvalue weighted by molar-refractivity contribution is -0.117. The summed E-state index contributed by atoms with van der Waals surface area (Å²) in [5.74, 6) is -0.831. The number of hydrogen-bond acceptors (Lipinski definition) is 4. The van der Waals surface area contributed by atoms with Crippen LogP contribution < -0.4 is 9.03 Å². The number of nitrogens with zero attached hydrogens (tertiary/aromatic N) is 1. The first-order valence-electron chi connectivity index (χ1n) is 5.77. The summed E-state index contributed by atoms with van der Waals surface area (Å²) in [6, 6.07) is 6.43. The Balaban J connectivity index is 2.02. The molecule has 0 unspecified atom stereocenters. The van der Waals surface area contributed by atoms with Gasteiger partial charge in [0.05, 0.1) is 5.69 Å². The second-order valence-electron chi connectivity index (χ2n) is 4.34. The van der Waals surface area contributed by atoms with Crippen LogP contribution >= 0.6 is 0 Å². The molecule has 0 radical (unpaired) electrons. The first-order chi connectivity index (χ1) is 9.47. The van der Waals surface area contributed by atoms with Gasteiger partial charge in [0.1, 0.15) is 12.3 Å². The van der Waals surface area contributed by atoms with Crippen molar-refractivity contribution in [2.24, 2.45) is 0 Å².